The lowest BCUT2D eigenvalue weighted by Crippen LogP contribution is -2.14. The van der Waals surface area contributed by atoms with Crippen molar-refractivity contribution >= 4 is 23.2 Å². The maximum atomic E-state index is 11.5. The summed E-state index contributed by atoms with van der Waals surface area (Å²) in [5.74, 6) is 0.205. The summed E-state index contributed by atoms with van der Waals surface area (Å²) in [6.45, 7) is 0. The number of benzene rings is 1. The maximum Gasteiger partial charge on any atom is 0.163 e. The van der Waals surface area contributed by atoms with E-state index in [-0.39, 0.29) is 11.8 Å². The van der Waals surface area contributed by atoms with Crippen molar-refractivity contribution in [2.75, 3.05) is 0 Å². The first-order valence-corrected chi connectivity index (χ1v) is 4.93. The molecule has 0 saturated heterocycles. The Morgan fingerprint density at radius 3 is 3.00 bits per heavy atom. The van der Waals surface area contributed by atoms with Crippen LogP contribution >= 0.6 is 12.2 Å². The van der Waals surface area contributed by atoms with E-state index in [1.54, 1.807) is 0 Å². The summed E-state index contributed by atoms with van der Waals surface area (Å²) < 4.78 is 0. The van der Waals surface area contributed by atoms with Crippen LogP contribution < -0.4 is 0 Å². The Labute approximate surface area is 87.7 Å². The van der Waals surface area contributed by atoms with E-state index >= 15 is 0 Å². The van der Waals surface area contributed by atoms with Crippen molar-refractivity contribution in [2.45, 2.75) is 18.9 Å². The molecule has 0 bridgehead atoms. The van der Waals surface area contributed by atoms with E-state index in [1.807, 2.05) is 24.3 Å². The van der Waals surface area contributed by atoms with Crippen LogP contribution in [0.2, 0.25) is 0 Å². The number of thiocarbonyl (C=S) groups is 1. The molecule has 0 amide bonds. The summed E-state index contributed by atoms with van der Waals surface area (Å²) in [5.41, 5.74) is 1.78. The molecule has 1 aromatic rings. The van der Waals surface area contributed by atoms with Crippen molar-refractivity contribution in [2.24, 2.45) is 4.99 Å². The number of carbonyl (C=O) groups is 1. The van der Waals surface area contributed by atoms with Crippen LogP contribution in [0.25, 0.3) is 0 Å². The van der Waals surface area contributed by atoms with E-state index in [0.29, 0.717) is 6.42 Å². The molecule has 1 aliphatic carbocycles. The second-order valence-electron chi connectivity index (χ2n) is 3.29. The van der Waals surface area contributed by atoms with Crippen molar-refractivity contribution in [3.05, 3.63) is 35.4 Å². The van der Waals surface area contributed by atoms with Crippen LogP contribution in [0.15, 0.2) is 29.3 Å². The fourth-order valence-electron chi connectivity index (χ4n) is 1.80. The Balaban J connectivity index is 2.51. The zero-order valence-corrected chi connectivity index (χ0v) is 8.38. The van der Waals surface area contributed by atoms with Crippen molar-refractivity contribution in [3.8, 4) is 0 Å². The number of Topliss-reactive ketones (excluding diaryl/α,β-unsaturated/α-hetero) is 1. The van der Waals surface area contributed by atoms with Crippen LogP contribution in [0.4, 0.5) is 0 Å². The van der Waals surface area contributed by atoms with E-state index in [2.05, 4.69) is 22.4 Å². The summed E-state index contributed by atoms with van der Waals surface area (Å²) in [4.78, 5) is 15.6. The number of nitrogens with zero attached hydrogens (tertiary/aromatic N) is 1. The third kappa shape index (κ3) is 1.52. The van der Waals surface area contributed by atoms with Crippen LogP contribution in [0, 0.1) is 0 Å². The van der Waals surface area contributed by atoms with E-state index in [4.69, 9.17) is 0 Å². The Bertz CT molecular complexity index is 421. The van der Waals surface area contributed by atoms with Gasteiger partial charge in [-0.15, -0.1) is 0 Å². The SMILES string of the molecule is O=C1CCC(N=C=S)c2ccccc21. The second-order valence-corrected chi connectivity index (χ2v) is 3.47. The third-order valence-electron chi connectivity index (χ3n) is 2.47. The summed E-state index contributed by atoms with van der Waals surface area (Å²) in [6, 6.07) is 7.61. The maximum absolute atomic E-state index is 11.5. The van der Waals surface area contributed by atoms with Gasteiger partial charge in [-0.1, -0.05) is 24.3 Å². The predicted molar refractivity (Wildman–Crippen MR) is 57.8 cm³/mol. The molecule has 0 fully saturated rings. The molecule has 2 rings (SSSR count). The van der Waals surface area contributed by atoms with E-state index in [0.717, 1.165) is 17.5 Å². The lowest BCUT2D eigenvalue weighted by atomic mass is 9.87. The highest BCUT2D eigenvalue weighted by molar-refractivity contribution is 7.78. The van der Waals surface area contributed by atoms with Crippen molar-refractivity contribution < 1.29 is 4.79 Å². The number of carbonyl (C=O) groups excluding carboxylic acids is 1. The average Bonchev–Trinajstić information content (AvgIpc) is 2.23. The van der Waals surface area contributed by atoms with Crippen molar-refractivity contribution in [3.63, 3.8) is 0 Å². The number of aliphatic imine (C=N–C) groups is 1. The minimum Gasteiger partial charge on any atom is -0.294 e. The van der Waals surface area contributed by atoms with Gasteiger partial charge in [0.25, 0.3) is 0 Å². The Hall–Kier alpha value is -1.31. The Morgan fingerprint density at radius 1 is 1.43 bits per heavy atom. The Kier molecular flexibility index (Phi) is 2.53. The first-order valence-electron chi connectivity index (χ1n) is 4.52. The number of ketones is 1. The minimum absolute atomic E-state index is 0.0291. The third-order valence-corrected chi connectivity index (χ3v) is 2.58. The lowest BCUT2D eigenvalue weighted by molar-refractivity contribution is 0.0967. The van der Waals surface area contributed by atoms with Gasteiger partial charge in [0.15, 0.2) is 5.78 Å². The predicted octanol–water partition coefficient (Wildman–Crippen LogP) is 2.81. The normalized spacial score (nSPS) is 19.7. The molecule has 1 aromatic carbocycles. The lowest BCUT2D eigenvalue weighted by Gasteiger charge is -2.19. The molecule has 70 valence electrons. The van der Waals surface area contributed by atoms with Gasteiger partial charge in [0.1, 0.15) is 0 Å². The minimum atomic E-state index is 0.0291. The van der Waals surface area contributed by atoms with Crippen LogP contribution in [0.3, 0.4) is 0 Å². The monoisotopic (exact) mass is 203 g/mol. The molecule has 1 unspecified atom stereocenters. The molecule has 0 saturated carbocycles. The van der Waals surface area contributed by atoms with Crippen molar-refractivity contribution in [1.82, 2.24) is 0 Å². The quantitative estimate of drug-likeness (QED) is 0.519. The second kappa shape index (κ2) is 3.82. The molecular formula is C11H9NOS. The number of hydrogen-bond donors (Lipinski definition) is 0. The first-order chi connectivity index (χ1) is 6.83. The van der Waals surface area contributed by atoms with Gasteiger partial charge in [0, 0.05) is 12.0 Å². The smallest absolute Gasteiger partial charge is 0.163 e. The van der Waals surface area contributed by atoms with Crippen LogP contribution in [-0.2, 0) is 0 Å². The molecule has 2 nitrogen and oxygen atoms in total. The van der Waals surface area contributed by atoms with Crippen molar-refractivity contribution in [1.29, 1.82) is 0 Å². The number of hydrogen-bond acceptors (Lipinski definition) is 3. The van der Waals surface area contributed by atoms with Gasteiger partial charge in [-0.05, 0) is 24.2 Å². The molecule has 0 N–H and O–H groups in total. The van der Waals surface area contributed by atoms with Crippen LogP contribution in [-0.4, -0.2) is 10.9 Å². The molecule has 0 heterocycles. The molecule has 14 heavy (non-hydrogen) atoms. The fraction of sp³-hybridized carbons (Fsp3) is 0.273. The van der Waals surface area contributed by atoms with Gasteiger partial charge in [0.05, 0.1) is 11.2 Å². The average molecular weight is 203 g/mol. The zero-order valence-electron chi connectivity index (χ0n) is 7.56. The van der Waals surface area contributed by atoms with Gasteiger partial charge in [-0.25, -0.2) is 4.99 Å². The molecule has 1 aliphatic rings. The standard InChI is InChI=1S/C11H9NOS/c13-11-6-5-10(12-7-14)8-3-1-2-4-9(8)11/h1-4,10H,5-6H2. The van der Waals surface area contributed by atoms with Gasteiger partial charge >= 0.3 is 0 Å². The summed E-state index contributed by atoms with van der Waals surface area (Å²) in [7, 11) is 0. The molecule has 1 atom stereocenters. The fourth-order valence-corrected chi connectivity index (χ4v) is 1.92. The topological polar surface area (TPSA) is 29.4 Å². The van der Waals surface area contributed by atoms with Gasteiger partial charge < -0.3 is 0 Å². The summed E-state index contributed by atoms with van der Waals surface area (Å²) in [6.07, 6.45) is 1.31. The van der Waals surface area contributed by atoms with E-state index in [9.17, 15) is 4.79 Å². The molecule has 0 radical (unpaired) electrons. The van der Waals surface area contributed by atoms with E-state index in [1.165, 1.54) is 0 Å². The zero-order chi connectivity index (χ0) is 9.97. The molecular weight excluding hydrogens is 194 g/mol. The van der Waals surface area contributed by atoms with E-state index < -0.39 is 0 Å². The summed E-state index contributed by atoms with van der Waals surface area (Å²) in [5, 5.41) is 2.39. The molecule has 3 heteroatoms. The summed E-state index contributed by atoms with van der Waals surface area (Å²) >= 11 is 4.59. The van der Waals surface area contributed by atoms with Crippen LogP contribution in [0.1, 0.15) is 34.8 Å². The Morgan fingerprint density at radius 2 is 2.21 bits per heavy atom. The van der Waals surface area contributed by atoms with Crippen LogP contribution in [0.5, 0.6) is 0 Å². The molecule has 0 aromatic heterocycles. The van der Waals surface area contributed by atoms with Gasteiger partial charge in [-0.3, -0.25) is 4.79 Å². The number of rotatable bonds is 1. The number of isothiocyanates is 1. The highest BCUT2D eigenvalue weighted by atomic mass is 32.1. The van der Waals surface area contributed by atoms with Gasteiger partial charge in [0.2, 0.25) is 0 Å². The molecule has 0 aliphatic heterocycles. The largest absolute Gasteiger partial charge is 0.294 e. The first kappa shape index (κ1) is 9.25. The highest BCUT2D eigenvalue weighted by Crippen LogP contribution is 2.31. The highest BCUT2D eigenvalue weighted by Gasteiger charge is 2.24. The number of fused-ring (bicyclic) bond motifs is 1. The van der Waals surface area contributed by atoms with Gasteiger partial charge in [-0.2, -0.15) is 0 Å². The molecule has 0 spiro atoms.